The van der Waals surface area contributed by atoms with Crippen molar-refractivity contribution in [3.05, 3.63) is 59.2 Å². The van der Waals surface area contributed by atoms with E-state index in [2.05, 4.69) is 0 Å². The lowest BCUT2D eigenvalue weighted by Crippen LogP contribution is -2.33. The summed E-state index contributed by atoms with van der Waals surface area (Å²) in [6, 6.07) is 11.3. The van der Waals surface area contributed by atoms with Crippen LogP contribution >= 0.6 is 0 Å². The van der Waals surface area contributed by atoms with Crippen LogP contribution in [0.5, 0.6) is 17.2 Å². The van der Waals surface area contributed by atoms with Crippen molar-refractivity contribution < 1.29 is 33.6 Å². The minimum absolute atomic E-state index is 0.0706. The lowest BCUT2D eigenvalue weighted by Gasteiger charge is -2.27. The topological polar surface area (TPSA) is 94.5 Å². The molecule has 8 heteroatoms. The Labute approximate surface area is 193 Å². The molecule has 1 aliphatic heterocycles. The van der Waals surface area contributed by atoms with Gasteiger partial charge in [0.2, 0.25) is 0 Å². The molecule has 1 aliphatic rings. The van der Waals surface area contributed by atoms with Crippen LogP contribution in [0.15, 0.2) is 48.0 Å². The third-order valence-electron chi connectivity index (χ3n) is 5.32. The Morgan fingerprint density at radius 2 is 1.58 bits per heavy atom. The molecule has 1 atom stereocenters. The van der Waals surface area contributed by atoms with Crippen molar-refractivity contribution in [3.8, 4) is 17.2 Å². The molecule has 1 unspecified atom stereocenters. The zero-order valence-electron chi connectivity index (χ0n) is 19.5. The molecule has 33 heavy (non-hydrogen) atoms. The Bertz CT molecular complexity index is 1040. The van der Waals surface area contributed by atoms with Crippen molar-refractivity contribution >= 4 is 17.4 Å². The van der Waals surface area contributed by atoms with Crippen molar-refractivity contribution in [2.24, 2.45) is 0 Å². The second kappa shape index (κ2) is 10.4. The molecule has 2 aromatic carbocycles. The van der Waals surface area contributed by atoms with Gasteiger partial charge in [0.05, 0.1) is 38.5 Å². The number of para-hydroxylation sites is 1. The van der Waals surface area contributed by atoms with E-state index in [0.717, 1.165) is 0 Å². The predicted octanol–water partition coefficient (Wildman–Crippen LogP) is 3.56. The monoisotopic (exact) mass is 455 g/mol. The first-order valence-electron chi connectivity index (χ1n) is 10.6. The normalized spacial score (nSPS) is 17.5. The molecule has 0 aromatic heterocycles. The van der Waals surface area contributed by atoms with Crippen molar-refractivity contribution in [2.75, 3.05) is 34.5 Å². The quantitative estimate of drug-likeness (QED) is 0.351. The van der Waals surface area contributed by atoms with E-state index >= 15 is 0 Å². The Kier molecular flexibility index (Phi) is 7.60. The van der Waals surface area contributed by atoms with Crippen molar-refractivity contribution in [3.63, 3.8) is 0 Å². The number of likely N-dealkylation sites (tertiary alicyclic amines) is 1. The van der Waals surface area contributed by atoms with E-state index < -0.39 is 17.7 Å². The third kappa shape index (κ3) is 4.66. The lowest BCUT2D eigenvalue weighted by molar-refractivity contribution is -0.140. The van der Waals surface area contributed by atoms with Gasteiger partial charge in [-0.05, 0) is 32.0 Å². The summed E-state index contributed by atoms with van der Waals surface area (Å²) in [6.07, 6.45) is -0.137. The number of carbonyl (C=O) groups excluding carboxylic acids is 2. The number of hydrogen-bond donors (Lipinski definition) is 1. The fourth-order valence-electron chi connectivity index (χ4n) is 3.91. The molecule has 0 radical (unpaired) electrons. The zero-order chi connectivity index (χ0) is 24.1. The van der Waals surface area contributed by atoms with E-state index in [9.17, 15) is 14.7 Å². The maximum atomic E-state index is 13.2. The Morgan fingerprint density at radius 3 is 2.15 bits per heavy atom. The van der Waals surface area contributed by atoms with Gasteiger partial charge in [-0.2, -0.15) is 0 Å². The zero-order valence-corrected chi connectivity index (χ0v) is 19.5. The van der Waals surface area contributed by atoms with Crippen molar-refractivity contribution in [1.82, 2.24) is 4.90 Å². The number of methoxy groups -OCH3 is 3. The molecule has 1 heterocycles. The molecular weight excluding hydrogens is 426 g/mol. The SMILES string of the molecule is COCCN1C(=O)C(=O)/C(=C(/O)c2c(OC)cccc2OC)C1c1ccccc1OC(C)C. The summed E-state index contributed by atoms with van der Waals surface area (Å²) in [5.74, 6) is -0.792. The van der Waals surface area contributed by atoms with Gasteiger partial charge in [0.25, 0.3) is 11.7 Å². The smallest absolute Gasteiger partial charge is 0.295 e. The number of carbonyl (C=O) groups is 2. The molecule has 1 saturated heterocycles. The number of aliphatic hydroxyl groups is 1. The first-order chi connectivity index (χ1) is 15.8. The number of nitrogens with zero attached hydrogens (tertiary/aromatic N) is 1. The largest absolute Gasteiger partial charge is 0.506 e. The van der Waals surface area contributed by atoms with E-state index in [-0.39, 0.29) is 36.2 Å². The summed E-state index contributed by atoms with van der Waals surface area (Å²) < 4.78 is 22.0. The molecule has 0 aliphatic carbocycles. The molecule has 0 bridgehead atoms. The average molecular weight is 456 g/mol. The average Bonchev–Trinajstić information content (AvgIpc) is 3.06. The number of ketones is 1. The number of aliphatic hydroxyl groups excluding tert-OH is 1. The lowest BCUT2D eigenvalue weighted by atomic mass is 9.94. The fourth-order valence-corrected chi connectivity index (χ4v) is 3.91. The van der Waals surface area contributed by atoms with Gasteiger partial charge in [-0.3, -0.25) is 9.59 Å². The predicted molar refractivity (Wildman–Crippen MR) is 123 cm³/mol. The highest BCUT2D eigenvalue weighted by atomic mass is 16.5. The van der Waals surface area contributed by atoms with Crippen LogP contribution in [0.1, 0.15) is 31.0 Å². The molecule has 1 fully saturated rings. The Hall–Kier alpha value is -3.52. The molecule has 1 amide bonds. The molecule has 2 aromatic rings. The molecule has 1 N–H and O–H groups in total. The summed E-state index contributed by atoms with van der Waals surface area (Å²) in [6.45, 7) is 4.15. The Balaban J connectivity index is 2.30. The van der Waals surface area contributed by atoms with Gasteiger partial charge < -0.3 is 29.0 Å². The minimum atomic E-state index is -0.885. The standard InChI is InChI=1S/C25H29NO7/c1-15(2)33-17-10-7-6-9-16(17)22-21(24(28)25(29)26(22)13-14-30-3)23(27)20-18(31-4)11-8-12-19(20)32-5/h6-12,15,22,27H,13-14H2,1-5H3/b23-21+. The summed E-state index contributed by atoms with van der Waals surface area (Å²) >= 11 is 0. The fraction of sp³-hybridized carbons (Fsp3) is 0.360. The van der Waals surface area contributed by atoms with Crippen LogP contribution in [0.25, 0.3) is 5.76 Å². The highest BCUT2D eigenvalue weighted by Gasteiger charge is 2.47. The number of ether oxygens (including phenoxy) is 4. The van der Waals surface area contributed by atoms with E-state index in [1.165, 1.54) is 26.2 Å². The second-order valence-electron chi connectivity index (χ2n) is 7.73. The summed E-state index contributed by atoms with van der Waals surface area (Å²) in [4.78, 5) is 27.7. The summed E-state index contributed by atoms with van der Waals surface area (Å²) in [5.41, 5.74) is 0.704. The van der Waals surface area contributed by atoms with Gasteiger partial charge in [0, 0.05) is 19.2 Å². The van der Waals surface area contributed by atoms with Gasteiger partial charge in [-0.25, -0.2) is 0 Å². The summed E-state index contributed by atoms with van der Waals surface area (Å²) in [5, 5.41) is 11.4. The summed E-state index contributed by atoms with van der Waals surface area (Å²) in [7, 11) is 4.42. The molecule has 3 rings (SSSR count). The van der Waals surface area contributed by atoms with Crippen LogP contribution in [-0.2, 0) is 14.3 Å². The number of Topliss-reactive ketones (excluding diaryl/α,β-unsaturated/α-hetero) is 1. The van der Waals surface area contributed by atoms with Crippen LogP contribution in [0.4, 0.5) is 0 Å². The van der Waals surface area contributed by atoms with E-state index in [0.29, 0.717) is 22.8 Å². The third-order valence-corrected chi connectivity index (χ3v) is 5.32. The minimum Gasteiger partial charge on any atom is -0.506 e. The van der Waals surface area contributed by atoms with Gasteiger partial charge in [0.1, 0.15) is 28.6 Å². The van der Waals surface area contributed by atoms with E-state index in [4.69, 9.17) is 18.9 Å². The molecule has 8 nitrogen and oxygen atoms in total. The number of hydrogen-bond acceptors (Lipinski definition) is 7. The molecule has 176 valence electrons. The van der Waals surface area contributed by atoms with Gasteiger partial charge in [-0.15, -0.1) is 0 Å². The highest BCUT2D eigenvalue weighted by molar-refractivity contribution is 6.46. The molecule has 0 saturated carbocycles. The van der Waals surface area contributed by atoms with Crippen molar-refractivity contribution in [2.45, 2.75) is 26.0 Å². The van der Waals surface area contributed by atoms with Crippen LogP contribution in [0, 0.1) is 0 Å². The molecule has 0 spiro atoms. The van der Waals surface area contributed by atoms with Crippen LogP contribution in [0.3, 0.4) is 0 Å². The second-order valence-corrected chi connectivity index (χ2v) is 7.73. The number of rotatable bonds is 9. The highest BCUT2D eigenvalue weighted by Crippen LogP contribution is 2.45. The van der Waals surface area contributed by atoms with Gasteiger partial charge >= 0.3 is 0 Å². The maximum Gasteiger partial charge on any atom is 0.295 e. The van der Waals surface area contributed by atoms with E-state index in [1.54, 1.807) is 36.4 Å². The maximum absolute atomic E-state index is 13.2. The first kappa shape index (κ1) is 24.1. The van der Waals surface area contributed by atoms with Gasteiger partial charge in [-0.1, -0.05) is 24.3 Å². The van der Waals surface area contributed by atoms with E-state index in [1.807, 2.05) is 19.9 Å². The number of amides is 1. The van der Waals surface area contributed by atoms with Crippen LogP contribution in [-0.4, -0.2) is 62.3 Å². The van der Waals surface area contributed by atoms with Gasteiger partial charge in [0.15, 0.2) is 0 Å². The van der Waals surface area contributed by atoms with Crippen LogP contribution in [0.2, 0.25) is 0 Å². The Morgan fingerprint density at radius 1 is 0.970 bits per heavy atom. The van der Waals surface area contributed by atoms with Crippen molar-refractivity contribution in [1.29, 1.82) is 0 Å². The number of benzene rings is 2. The van der Waals surface area contributed by atoms with Crippen LogP contribution < -0.4 is 14.2 Å². The first-order valence-corrected chi connectivity index (χ1v) is 10.6. The molecular formula is C25H29NO7.